The lowest BCUT2D eigenvalue weighted by Gasteiger charge is -2.15. The summed E-state index contributed by atoms with van der Waals surface area (Å²) in [5.41, 5.74) is 0.874. The zero-order valence-electron chi connectivity index (χ0n) is 8.91. The number of rotatable bonds is 3. The van der Waals surface area contributed by atoms with Crippen LogP contribution in [0.25, 0.3) is 0 Å². The minimum atomic E-state index is -4.93. The molecule has 1 saturated heterocycles. The van der Waals surface area contributed by atoms with Crippen LogP contribution in [0.2, 0.25) is 0 Å². The summed E-state index contributed by atoms with van der Waals surface area (Å²) in [6.45, 7) is 0.354. The number of carbonyl (C=O) groups excluding carboxylic acids is 1. The maximum Gasteiger partial charge on any atom is 0.403 e. The van der Waals surface area contributed by atoms with Crippen LogP contribution in [0.1, 0.15) is 5.56 Å². The monoisotopic (exact) mass is 258 g/mol. The lowest BCUT2D eigenvalue weighted by molar-refractivity contribution is 0.204. The van der Waals surface area contributed by atoms with Crippen molar-refractivity contribution in [1.82, 2.24) is 9.21 Å². The molecule has 1 aliphatic heterocycles. The molecule has 0 atom stereocenters. The van der Waals surface area contributed by atoms with Gasteiger partial charge in [-0.15, -0.1) is 0 Å². The molecule has 0 spiro atoms. The molecule has 0 aromatic heterocycles. The minimum Gasteiger partial charge on any atom is -0.318 e. The molecule has 1 aromatic carbocycles. The average Bonchev–Trinajstić information content (AvgIpc) is 2.61. The molecule has 0 unspecified atom stereocenters. The summed E-state index contributed by atoms with van der Waals surface area (Å²) in [6, 6.07) is 8.31. The lowest BCUT2D eigenvalue weighted by Crippen LogP contribution is -2.33. The third-order valence-electron chi connectivity index (χ3n) is 2.54. The van der Waals surface area contributed by atoms with E-state index in [0.717, 1.165) is 5.56 Å². The highest BCUT2D eigenvalue weighted by atomic mass is 32.3. The van der Waals surface area contributed by atoms with Gasteiger partial charge in [-0.2, -0.15) is 12.7 Å². The number of halogens is 1. The summed E-state index contributed by atoms with van der Waals surface area (Å²) in [5.74, 6) is 0. The van der Waals surface area contributed by atoms with Gasteiger partial charge in [-0.25, -0.2) is 4.79 Å². The Kier molecular flexibility index (Phi) is 3.01. The van der Waals surface area contributed by atoms with Gasteiger partial charge >= 0.3 is 16.4 Å². The molecule has 5 nitrogen and oxygen atoms in total. The predicted octanol–water partition coefficient (Wildman–Crippen LogP) is 1.14. The molecule has 0 saturated carbocycles. The van der Waals surface area contributed by atoms with E-state index in [9.17, 15) is 17.1 Å². The SMILES string of the molecule is O=C1N(Cc2ccccc2)CCN1S(=O)(=O)F. The van der Waals surface area contributed by atoms with Gasteiger partial charge in [-0.05, 0) is 5.56 Å². The second-order valence-electron chi connectivity index (χ2n) is 3.70. The number of benzene rings is 1. The zero-order valence-corrected chi connectivity index (χ0v) is 9.73. The zero-order chi connectivity index (χ0) is 12.5. The average molecular weight is 258 g/mol. The standard InChI is InChI=1S/C10H11FN2O3S/c11-17(15,16)13-7-6-12(10(13)14)8-9-4-2-1-3-5-9/h1-5H,6-8H2. The third-order valence-corrected chi connectivity index (χ3v) is 3.40. The Balaban J connectivity index is 2.09. The highest BCUT2D eigenvalue weighted by molar-refractivity contribution is 7.84. The Bertz CT molecular complexity index is 518. The van der Waals surface area contributed by atoms with Crippen molar-refractivity contribution >= 4 is 16.4 Å². The van der Waals surface area contributed by atoms with E-state index in [0.29, 0.717) is 0 Å². The van der Waals surface area contributed by atoms with Gasteiger partial charge < -0.3 is 4.90 Å². The predicted molar refractivity (Wildman–Crippen MR) is 59.0 cm³/mol. The van der Waals surface area contributed by atoms with Crippen molar-refractivity contribution in [2.24, 2.45) is 0 Å². The fourth-order valence-corrected chi connectivity index (χ4v) is 2.32. The summed E-state index contributed by atoms with van der Waals surface area (Å²) in [5, 5.41) is 0. The van der Waals surface area contributed by atoms with Crippen LogP contribution in [0.4, 0.5) is 8.68 Å². The van der Waals surface area contributed by atoms with Gasteiger partial charge in [0.25, 0.3) is 0 Å². The third kappa shape index (κ3) is 2.55. The van der Waals surface area contributed by atoms with Crippen LogP contribution in [0.5, 0.6) is 0 Å². The fraction of sp³-hybridized carbons (Fsp3) is 0.300. The van der Waals surface area contributed by atoms with Crippen molar-refractivity contribution < 1.29 is 17.1 Å². The molecule has 1 aliphatic rings. The van der Waals surface area contributed by atoms with Gasteiger partial charge in [0.15, 0.2) is 0 Å². The maximum absolute atomic E-state index is 12.7. The van der Waals surface area contributed by atoms with E-state index >= 15 is 0 Å². The molecule has 0 N–H and O–H groups in total. The lowest BCUT2D eigenvalue weighted by atomic mass is 10.2. The first kappa shape index (κ1) is 11.8. The van der Waals surface area contributed by atoms with Crippen LogP contribution in [0, 0.1) is 0 Å². The summed E-state index contributed by atoms with van der Waals surface area (Å²) in [6.07, 6.45) is 0. The fourth-order valence-electron chi connectivity index (χ4n) is 1.71. The van der Waals surface area contributed by atoms with E-state index in [2.05, 4.69) is 0 Å². The van der Waals surface area contributed by atoms with Crippen molar-refractivity contribution in [3.63, 3.8) is 0 Å². The number of urea groups is 1. The molecule has 0 aliphatic carbocycles. The number of carbonyl (C=O) groups is 1. The number of hydrogen-bond acceptors (Lipinski definition) is 3. The first-order chi connectivity index (χ1) is 7.98. The topological polar surface area (TPSA) is 57.7 Å². The Labute approximate surface area is 98.8 Å². The second-order valence-corrected chi connectivity index (χ2v) is 4.97. The molecule has 2 amide bonds. The molecule has 1 aromatic rings. The quantitative estimate of drug-likeness (QED) is 0.764. The van der Waals surface area contributed by atoms with Crippen molar-refractivity contribution in [1.29, 1.82) is 0 Å². The number of nitrogens with zero attached hydrogens (tertiary/aromatic N) is 2. The molecule has 2 rings (SSSR count). The minimum absolute atomic E-state index is 0.134. The summed E-state index contributed by atoms with van der Waals surface area (Å²) < 4.78 is 34.3. The van der Waals surface area contributed by atoms with Crippen LogP contribution in [-0.4, -0.2) is 36.7 Å². The van der Waals surface area contributed by atoms with Gasteiger partial charge in [0.05, 0.1) is 6.54 Å². The van der Waals surface area contributed by atoms with E-state index < -0.39 is 16.4 Å². The highest BCUT2D eigenvalue weighted by Crippen LogP contribution is 2.17. The van der Waals surface area contributed by atoms with E-state index in [1.165, 1.54) is 4.90 Å². The van der Waals surface area contributed by atoms with Crippen molar-refractivity contribution in [2.45, 2.75) is 6.54 Å². The van der Waals surface area contributed by atoms with Crippen molar-refractivity contribution in [3.05, 3.63) is 35.9 Å². The van der Waals surface area contributed by atoms with Crippen LogP contribution in [0.3, 0.4) is 0 Å². The van der Waals surface area contributed by atoms with Crippen molar-refractivity contribution in [2.75, 3.05) is 13.1 Å². The van der Waals surface area contributed by atoms with Gasteiger partial charge in [-0.3, -0.25) is 0 Å². The molecule has 0 bridgehead atoms. The summed E-state index contributed by atoms with van der Waals surface area (Å²) >= 11 is 0. The van der Waals surface area contributed by atoms with Crippen LogP contribution >= 0.6 is 0 Å². The number of amides is 2. The van der Waals surface area contributed by atoms with Gasteiger partial charge in [0.2, 0.25) is 0 Å². The largest absolute Gasteiger partial charge is 0.403 e. The second kappa shape index (κ2) is 4.33. The van der Waals surface area contributed by atoms with Crippen LogP contribution in [0.15, 0.2) is 30.3 Å². The first-order valence-corrected chi connectivity index (χ1v) is 6.37. The molecular weight excluding hydrogens is 247 g/mol. The molecule has 92 valence electrons. The van der Waals surface area contributed by atoms with Gasteiger partial charge in [-0.1, -0.05) is 34.2 Å². The molecule has 17 heavy (non-hydrogen) atoms. The number of hydrogen-bond donors (Lipinski definition) is 0. The Hall–Kier alpha value is -1.63. The molecular formula is C10H11FN2O3S. The molecule has 0 radical (unpaired) electrons. The van der Waals surface area contributed by atoms with Crippen molar-refractivity contribution in [3.8, 4) is 0 Å². The van der Waals surface area contributed by atoms with E-state index in [1.54, 1.807) is 0 Å². The smallest absolute Gasteiger partial charge is 0.318 e. The molecule has 7 heteroatoms. The summed E-state index contributed by atoms with van der Waals surface area (Å²) in [7, 11) is -4.93. The van der Waals surface area contributed by atoms with Crippen LogP contribution in [-0.2, 0) is 17.0 Å². The highest BCUT2D eigenvalue weighted by Gasteiger charge is 2.36. The maximum atomic E-state index is 12.7. The van der Waals surface area contributed by atoms with E-state index in [1.807, 2.05) is 30.3 Å². The van der Waals surface area contributed by atoms with E-state index in [4.69, 9.17) is 0 Å². The Morgan fingerprint density at radius 1 is 1.18 bits per heavy atom. The summed E-state index contributed by atoms with van der Waals surface area (Å²) in [4.78, 5) is 12.9. The first-order valence-electron chi connectivity index (χ1n) is 5.03. The van der Waals surface area contributed by atoms with E-state index in [-0.39, 0.29) is 23.9 Å². The van der Waals surface area contributed by atoms with Crippen LogP contribution < -0.4 is 0 Å². The molecule has 1 fully saturated rings. The van der Waals surface area contributed by atoms with Gasteiger partial charge in [0.1, 0.15) is 0 Å². The Morgan fingerprint density at radius 2 is 1.82 bits per heavy atom. The molecule has 1 heterocycles. The van der Waals surface area contributed by atoms with Gasteiger partial charge in [0, 0.05) is 13.1 Å². The normalized spacial score (nSPS) is 16.6. The Morgan fingerprint density at radius 3 is 2.35 bits per heavy atom.